The Kier molecular flexibility index (Phi) is 5.88. The van der Waals surface area contributed by atoms with Crippen molar-refractivity contribution in [2.45, 2.75) is 33.2 Å². The predicted octanol–water partition coefficient (Wildman–Crippen LogP) is 2.86. The van der Waals surface area contributed by atoms with Crippen molar-refractivity contribution in [2.24, 2.45) is 0 Å². The number of carbonyl (C=O) groups excluding carboxylic acids is 2. The molecule has 0 heterocycles. The van der Waals surface area contributed by atoms with Gasteiger partial charge in [0.05, 0.1) is 17.1 Å². The maximum atomic E-state index is 11.9. The molecule has 0 aliphatic carbocycles. The van der Waals surface area contributed by atoms with Gasteiger partial charge >= 0.3 is 12.2 Å². The molecule has 9 nitrogen and oxygen atoms in total. The number of carbonyl (C=O) groups is 2. The smallest absolute Gasteiger partial charge is 0.431 e. The Morgan fingerprint density at radius 1 is 1.26 bits per heavy atom. The van der Waals surface area contributed by atoms with Gasteiger partial charge in [-0.3, -0.25) is 10.1 Å². The molecular weight excluding hydrogens is 306 g/mol. The number of nitrogens with zero attached hydrogens (tertiary/aromatic N) is 2. The number of nitrogens with one attached hydrogen (secondary N) is 1. The van der Waals surface area contributed by atoms with E-state index in [-0.39, 0.29) is 18.0 Å². The fourth-order valence-electron chi connectivity index (χ4n) is 1.53. The quantitative estimate of drug-likeness (QED) is 0.675. The predicted molar refractivity (Wildman–Crippen MR) is 80.9 cm³/mol. The molecule has 1 rings (SSSR count). The molecule has 0 saturated carbocycles. The van der Waals surface area contributed by atoms with Gasteiger partial charge in [-0.05, 0) is 39.8 Å². The first kappa shape index (κ1) is 18.2. The summed E-state index contributed by atoms with van der Waals surface area (Å²) in [6.07, 6.45) is -1.64. The average Bonchev–Trinajstić information content (AvgIpc) is 2.44. The van der Waals surface area contributed by atoms with Gasteiger partial charge < -0.3 is 9.47 Å². The van der Waals surface area contributed by atoms with Crippen LogP contribution < -0.4 is 10.2 Å². The zero-order valence-electron chi connectivity index (χ0n) is 13.4. The van der Waals surface area contributed by atoms with Gasteiger partial charge in [-0.1, -0.05) is 0 Å². The standard InChI is InChI=1S/C14H19N3O6/c1-5-22-13(19)16(14(2,3)4)15-12(18)23-11-8-6-10(7-9-11)17(20)21/h6-9H,5H2,1-4H3,(H,15,18). The van der Waals surface area contributed by atoms with Crippen LogP contribution in [0.2, 0.25) is 0 Å². The first-order valence-corrected chi connectivity index (χ1v) is 6.85. The summed E-state index contributed by atoms with van der Waals surface area (Å²) < 4.78 is 9.85. The number of benzene rings is 1. The number of hydrogen-bond acceptors (Lipinski definition) is 6. The molecule has 0 bridgehead atoms. The van der Waals surface area contributed by atoms with Crippen molar-refractivity contribution < 1.29 is 24.0 Å². The maximum absolute atomic E-state index is 11.9. The Morgan fingerprint density at radius 3 is 2.26 bits per heavy atom. The minimum absolute atomic E-state index is 0.103. The first-order chi connectivity index (χ1) is 10.6. The fourth-order valence-corrected chi connectivity index (χ4v) is 1.53. The molecular formula is C14H19N3O6. The van der Waals surface area contributed by atoms with E-state index < -0.39 is 22.6 Å². The molecule has 0 aromatic heterocycles. The van der Waals surface area contributed by atoms with Crippen LogP contribution in [0.4, 0.5) is 15.3 Å². The van der Waals surface area contributed by atoms with Crippen molar-refractivity contribution in [2.75, 3.05) is 6.61 Å². The number of hydrogen-bond donors (Lipinski definition) is 1. The van der Waals surface area contributed by atoms with E-state index >= 15 is 0 Å². The number of nitro groups is 1. The lowest BCUT2D eigenvalue weighted by atomic mass is 10.1. The van der Waals surface area contributed by atoms with Crippen LogP contribution in [0.25, 0.3) is 0 Å². The molecule has 1 aromatic rings. The number of ether oxygens (including phenoxy) is 2. The Balaban J connectivity index is 2.75. The number of hydrazine groups is 1. The highest BCUT2D eigenvalue weighted by molar-refractivity contribution is 5.76. The summed E-state index contributed by atoms with van der Waals surface area (Å²) in [5.74, 6) is 0.103. The van der Waals surface area contributed by atoms with Crippen LogP contribution in [0, 0.1) is 10.1 Å². The zero-order chi connectivity index (χ0) is 17.6. The first-order valence-electron chi connectivity index (χ1n) is 6.85. The molecule has 23 heavy (non-hydrogen) atoms. The van der Waals surface area contributed by atoms with E-state index in [1.165, 1.54) is 24.3 Å². The van der Waals surface area contributed by atoms with Crippen LogP contribution in [0.15, 0.2) is 24.3 Å². The summed E-state index contributed by atoms with van der Waals surface area (Å²) in [5.41, 5.74) is 1.43. The van der Waals surface area contributed by atoms with Crippen LogP contribution in [-0.2, 0) is 4.74 Å². The van der Waals surface area contributed by atoms with Crippen LogP contribution in [0.3, 0.4) is 0 Å². The monoisotopic (exact) mass is 325 g/mol. The normalized spacial score (nSPS) is 10.6. The van der Waals surface area contributed by atoms with Crippen LogP contribution >= 0.6 is 0 Å². The van der Waals surface area contributed by atoms with Crippen LogP contribution in [-0.4, -0.2) is 34.3 Å². The molecule has 0 unspecified atom stereocenters. The molecule has 9 heteroatoms. The molecule has 2 amide bonds. The van der Waals surface area contributed by atoms with Gasteiger partial charge in [-0.15, -0.1) is 0 Å². The second kappa shape index (κ2) is 7.43. The summed E-state index contributed by atoms with van der Waals surface area (Å²) in [4.78, 5) is 33.7. The highest BCUT2D eigenvalue weighted by Crippen LogP contribution is 2.18. The van der Waals surface area contributed by atoms with Gasteiger partial charge in [0, 0.05) is 12.1 Å². The third kappa shape index (κ3) is 5.46. The van der Waals surface area contributed by atoms with E-state index in [1.807, 2.05) is 0 Å². The molecule has 1 aromatic carbocycles. The average molecular weight is 325 g/mol. The Hall–Kier alpha value is -2.84. The number of nitro benzene ring substituents is 1. The fraction of sp³-hybridized carbons (Fsp3) is 0.429. The minimum atomic E-state index is -0.915. The summed E-state index contributed by atoms with van der Waals surface area (Å²) >= 11 is 0. The molecule has 1 N–H and O–H groups in total. The number of rotatable bonds is 3. The second-order valence-corrected chi connectivity index (χ2v) is 5.46. The summed E-state index contributed by atoms with van der Waals surface area (Å²) in [6.45, 7) is 6.92. The van der Waals surface area contributed by atoms with Crippen molar-refractivity contribution in [1.82, 2.24) is 10.4 Å². The third-order valence-electron chi connectivity index (χ3n) is 2.58. The molecule has 0 aliphatic rings. The van der Waals surface area contributed by atoms with Gasteiger partial charge in [0.25, 0.3) is 5.69 Å². The van der Waals surface area contributed by atoms with E-state index in [0.29, 0.717) is 0 Å². The zero-order valence-corrected chi connectivity index (χ0v) is 13.4. The van der Waals surface area contributed by atoms with E-state index in [0.717, 1.165) is 5.01 Å². The molecule has 0 atom stereocenters. The number of amides is 2. The topological polar surface area (TPSA) is 111 Å². The summed E-state index contributed by atoms with van der Waals surface area (Å²) in [5, 5.41) is 11.6. The molecule has 0 aliphatic heterocycles. The SMILES string of the molecule is CCOC(=O)N(NC(=O)Oc1ccc([N+](=O)[O-])cc1)C(C)(C)C. The minimum Gasteiger partial charge on any atom is -0.448 e. The largest absolute Gasteiger partial charge is 0.448 e. The second-order valence-electron chi connectivity index (χ2n) is 5.46. The van der Waals surface area contributed by atoms with Gasteiger partial charge in [0.15, 0.2) is 0 Å². The van der Waals surface area contributed by atoms with Crippen molar-refractivity contribution in [3.8, 4) is 5.75 Å². The Labute approximate surface area is 133 Å². The molecule has 0 saturated heterocycles. The van der Waals surface area contributed by atoms with Gasteiger partial charge in [-0.25, -0.2) is 20.0 Å². The lowest BCUT2D eigenvalue weighted by Gasteiger charge is -2.33. The number of non-ortho nitro benzene ring substituents is 1. The van der Waals surface area contributed by atoms with E-state index in [1.54, 1.807) is 27.7 Å². The molecule has 0 fully saturated rings. The van der Waals surface area contributed by atoms with Crippen molar-refractivity contribution in [3.63, 3.8) is 0 Å². The summed E-state index contributed by atoms with van der Waals surface area (Å²) in [7, 11) is 0. The Bertz CT molecular complexity index is 579. The van der Waals surface area contributed by atoms with Crippen molar-refractivity contribution in [3.05, 3.63) is 34.4 Å². The maximum Gasteiger partial charge on any atom is 0.431 e. The van der Waals surface area contributed by atoms with Crippen LogP contribution in [0.1, 0.15) is 27.7 Å². The van der Waals surface area contributed by atoms with E-state index in [2.05, 4.69) is 5.43 Å². The van der Waals surface area contributed by atoms with Gasteiger partial charge in [0.2, 0.25) is 0 Å². The van der Waals surface area contributed by atoms with Crippen LogP contribution in [0.5, 0.6) is 5.75 Å². The third-order valence-corrected chi connectivity index (χ3v) is 2.58. The summed E-state index contributed by atoms with van der Waals surface area (Å²) in [6, 6.07) is 4.97. The lowest BCUT2D eigenvalue weighted by molar-refractivity contribution is -0.384. The Morgan fingerprint density at radius 2 is 1.83 bits per heavy atom. The lowest BCUT2D eigenvalue weighted by Crippen LogP contribution is -2.56. The van der Waals surface area contributed by atoms with Crippen molar-refractivity contribution >= 4 is 17.9 Å². The molecule has 126 valence electrons. The molecule has 0 radical (unpaired) electrons. The van der Waals surface area contributed by atoms with Gasteiger partial charge in [0.1, 0.15) is 5.75 Å². The highest BCUT2D eigenvalue weighted by atomic mass is 16.6. The van der Waals surface area contributed by atoms with E-state index in [4.69, 9.17) is 9.47 Å². The van der Waals surface area contributed by atoms with E-state index in [9.17, 15) is 19.7 Å². The highest BCUT2D eigenvalue weighted by Gasteiger charge is 2.30. The molecule has 0 spiro atoms. The van der Waals surface area contributed by atoms with Crippen molar-refractivity contribution in [1.29, 1.82) is 0 Å². The van der Waals surface area contributed by atoms with Gasteiger partial charge in [-0.2, -0.15) is 0 Å².